The lowest BCUT2D eigenvalue weighted by Crippen LogP contribution is -1.95. The second-order valence-electron chi connectivity index (χ2n) is 4.40. The Hall–Kier alpha value is -0.640. The van der Waals surface area contributed by atoms with E-state index in [4.69, 9.17) is 0 Å². The third-order valence-electron chi connectivity index (χ3n) is 3.13. The zero-order chi connectivity index (χ0) is 12.5. The normalized spacial score (nSPS) is 13.0. The predicted octanol–water partition coefficient (Wildman–Crippen LogP) is 5.95. The van der Waals surface area contributed by atoms with Crippen LogP contribution in [0, 0.1) is 6.92 Å². The van der Waals surface area contributed by atoms with Crippen LogP contribution in [0.3, 0.4) is 0 Å². The molecule has 0 saturated carbocycles. The molecule has 1 unspecified atom stereocenters. The van der Waals surface area contributed by atoms with Gasteiger partial charge in [0.1, 0.15) is 0 Å². The summed E-state index contributed by atoms with van der Waals surface area (Å²) < 4.78 is 2.81. The smallest absolute Gasteiger partial charge is 0.0530 e. The van der Waals surface area contributed by atoms with Crippen LogP contribution >= 0.6 is 38.6 Å². The van der Waals surface area contributed by atoms with Crippen molar-refractivity contribution >= 4 is 48.0 Å². The first-order valence-corrected chi connectivity index (χ1v) is 8.51. The highest BCUT2D eigenvalue weighted by atomic mass is 79.9. The minimum absolute atomic E-state index is 0.420. The summed E-state index contributed by atoms with van der Waals surface area (Å²) >= 11 is 7.56. The number of halogens is 1. The quantitative estimate of drug-likeness (QED) is 0.518. The van der Waals surface area contributed by atoms with Gasteiger partial charge < -0.3 is 0 Å². The summed E-state index contributed by atoms with van der Waals surface area (Å²) in [6.45, 7) is 2.18. The molecule has 92 valence electrons. The summed E-state index contributed by atoms with van der Waals surface area (Å²) in [5.41, 5.74) is 2.80. The molecule has 0 aliphatic rings. The molecule has 1 aromatic carbocycles. The molecule has 3 heteroatoms. The van der Waals surface area contributed by atoms with Crippen LogP contribution in [0.25, 0.3) is 9.40 Å². The number of aryl methyl sites for hydroxylation is 1. The van der Waals surface area contributed by atoms with Gasteiger partial charge in [-0.15, -0.1) is 22.7 Å². The summed E-state index contributed by atoms with van der Waals surface area (Å²) in [4.78, 5) is 1.85. The van der Waals surface area contributed by atoms with Crippen molar-refractivity contribution in [2.75, 3.05) is 0 Å². The van der Waals surface area contributed by atoms with Crippen molar-refractivity contribution in [3.8, 4) is 0 Å². The number of thiophene rings is 2. The Bertz CT molecular complexity index is 637. The second-order valence-corrected chi connectivity index (χ2v) is 7.56. The van der Waals surface area contributed by atoms with Gasteiger partial charge in [0.25, 0.3) is 0 Å². The van der Waals surface area contributed by atoms with Gasteiger partial charge in [0.2, 0.25) is 0 Å². The Balaban J connectivity index is 1.85. The Morgan fingerprint density at radius 3 is 2.78 bits per heavy atom. The third-order valence-corrected chi connectivity index (χ3v) is 6.45. The van der Waals surface area contributed by atoms with Crippen LogP contribution in [0.1, 0.15) is 20.8 Å². The fourth-order valence-electron chi connectivity index (χ4n) is 2.07. The van der Waals surface area contributed by atoms with E-state index in [9.17, 15) is 0 Å². The third kappa shape index (κ3) is 2.40. The van der Waals surface area contributed by atoms with Gasteiger partial charge in [-0.25, -0.2) is 0 Å². The molecule has 3 rings (SSSR count). The highest BCUT2D eigenvalue weighted by Gasteiger charge is 2.13. The van der Waals surface area contributed by atoms with Gasteiger partial charge >= 0.3 is 0 Å². The molecule has 18 heavy (non-hydrogen) atoms. The molecule has 0 nitrogen and oxygen atoms in total. The van der Waals surface area contributed by atoms with Gasteiger partial charge in [0.15, 0.2) is 0 Å². The Kier molecular flexibility index (Phi) is 3.55. The van der Waals surface area contributed by atoms with Crippen molar-refractivity contribution in [1.82, 2.24) is 0 Å². The van der Waals surface area contributed by atoms with Crippen LogP contribution in [-0.2, 0) is 6.42 Å². The summed E-state index contributed by atoms with van der Waals surface area (Å²) in [6.07, 6.45) is 1.06. The zero-order valence-electron chi connectivity index (χ0n) is 10.0. The topological polar surface area (TPSA) is 0 Å². The summed E-state index contributed by atoms with van der Waals surface area (Å²) in [5.74, 6) is 0. The lowest BCUT2D eigenvalue weighted by atomic mass is 10.0. The summed E-state index contributed by atoms with van der Waals surface area (Å²) in [5, 5.41) is 2.16. The van der Waals surface area contributed by atoms with Crippen LogP contribution in [0.2, 0.25) is 0 Å². The molecule has 0 aliphatic heterocycles. The zero-order valence-corrected chi connectivity index (χ0v) is 13.2. The highest BCUT2D eigenvalue weighted by Crippen LogP contribution is 2.38. The average molecular weight is 337 g/mol. The van der Waals surface area contributed by atoms with Gasteiger partial charge in [0.05, 0.1) is 4.83 Å². The van der Waals surface area contributed by atoms with Crippen LogP contribution in [0.5, 0.6) is 0 Å². The molecule has 0 aliphatic carbocycles. The van der Waals surface area contributed by atoms with E-state index in [-0.39, 0.29) is 0 Å². The van der Waals surface area contributed by atoms with Gasteiger partial charge in [-0.05, 0) is 42.0 Å². The second kappa shape index (κ2) is 5.16. The van der Waals surface area contributed by atoms with Crippen molar-refractivity contribution in [3.05, 3.63) is 57.8 Å². The van der Waals surface area contributed by atoms with Gasteiger partial charge in [-0.3, -0.25) is 0 Å². The molecule has 2 heterocycles. The predicted molar refractivity (Wildman–Crippen MR) is 86.3 cm³/mol. The Morgan fingerprint density at radius 1 is 1.17 bits per heavy atom. The van der Waals surface area contributed by atoms with Gasteiger partial charge in [-0.2, -0.15) is 0 Å². The molecule has 0 N–H and O–H groups in total. The molecule has 3 aromatic rings. The maximum Gasteiger partial charge on any atom is 0.0530 e. The van der Waals surface area contributed by atoms with E-state index in [1.165, 1.54) is 25.4 Å². The summed E-state index contributed by atoms with van der Waals surface area (Å²) in [6, 6.07) is 13.2. The number of benzene rings is 1. The van der Waals surface area contributed by atoms with E-state index < -0.39 is 0 Å². The van der Waals surface area contributed by atoms with Crippen molar-refractivity contribution in [3.63, 3.8) is 0 Å². The van der Waals surface area contributed by atoms with E-state index in [1.807, 2.05) is 22.7 Å². The lowest BCUT2D eigenvalue weighted by molar-refractivity contribution is 0.958. The SMILES string of the molecule is Cc1ccccc1CC(Br)c1cc2sccc2s1. The molecular weight excluding hydrogens is 324 g/mol. The van der Waals surface area contributed by atoms with E-state index in [0.717, 1.165) is 6.42 Å². The van der Waals surface area contributed by atoms with Gasteiger partial charge in [-0.1, -0.05) is 40.2 Å². The van der Waals surface area contributed by atoms with Crippen molar-refractivity contribution in [1.29, 1.82) is 0 Å². The minimum atomic E-state index is 0.420. The lowest BCUT2D eigenvalue weighted by Gasteiger charge is -2.10. The number of hydrogen-bond acceptors (Lipinski definition) is 2. The molecule has 0 bridgehead atoms. The molecule has 0 fully saturated rings. The molecule has 0 radical (unpaired) electrons. The van der Waals surface area contributed by atoms with Gasteiger partial charge in [0, 0.05) is 14.3 Å². The first kappa shape index (κ1) is 12.4. The van der Waals surface area contributed by atoms with E-state index >= 15 is 0 Å². The molecule has 0 saturated heterocycles. The number of hydrogen-bond donors (Lipinski definition) is 0. The van der Waals surface area contributed by atoms with Crippen LogP contribution in [-0.4, -0.2) is 0 Å². The first-order chi connectivity index (χ1) is 8.74. The average Bonchev–Trinajstić information content (AvgIpc) is 2.92. The van der Waals surface area contributed by atoms with E-state index in [2.05, 4.69) is 64.6 Å². The van der Waals surface area contributed by atoms with E-state index in [0.29, 0.717) is 4.83 Å². The van der Waals surface area contributed by atoms with Crippen molar-refractivity contribution in [2.24, 2.45) is 0 Å². The maximum atomic E-state index is 3.83. The molecular formula is C15H13BrS2. The largest absolute Gasteiger partial charge is 0.143 e. The fraction of sp³-hybridized carbons (Fsp3) is 0.200. The number of fused-ring (bicyclic) bond motifs is 1. The molecule has 2 aromatic heterocycles. The minimum Gasteiger partial charge on any atom is -0.143 e. The van der Waals surface area contributed by atoms with E-state index in [1.54, 1.807) is 0 Å². The number of rotatable bonds is 3. The Labute approximate surface area is 123 Å². The monoisotopic (exact) mass is 336 g/mol. The van der Waals surface area contributed by atoms with Crippen LogP contribution in [0.4, 0.5) is 0 Å². The van der Waals surface area contributed by atoms with Crippen LogP contribution < -0.4 is 0 Å². The van der Waals surface area contributed by atoms with Crippen molar-refractivity contribution in [2.45, 2.75) is 18.2 Å². The first-order valence-electron chi connectivity index (χ1n) is 5.89. The molecule has 1 atom stereocenters. The summed E-state index contributed by atoms with van der Waals surface area (Å²) in [7, 11) is 0. The highest BCUT2D eigenvalue weighted by molar-refractivity contribution is 9.09. The Morgan fingerprint density at radius 2 is 2.00 bits per heavy atom. The fourth-order valence-corrected chi connectivity index (χ4v) is 4.93. The van der Waals surface area contributed by atoms with Crippen molar-refractivity contribution < 1.29 is 0 Å². The standard InChI is InChI=1S/C15H13BrS2/c1-10-4-2-3-5-11(10)8-12(16)14-9-15-13(18-14)6-7-17-15/h2-7,9,12H,8H2,1H3. The molecule has 0 amide bonds. The maximum absolute atomic E-state index is 3.83. The molecule has 0 spiro atoms. The number of alkyl halides is 1. The van der Waals surface area contributed by atoms with Crippen LogP contribution in [0.15, 0.2) is 41.8 Å².